The van der Waals surface area contributed by atoms with Gasteiger partial charge in [-0.3, -0.25) is 0 Å². The predicted molar refractivity (Wildman–Crippen MR) is 85.4 cm³/mol. The summed E-state index contributed by atoms with van der Waals surface area (Å²) in [6.45, 7) is 1.42. The summed E-state index contributed by atoms with van der Waals surface area (Å²) in [5.41, 5.74) is 0.0685. The zero-order valence-electron chi connectivity index (χ0n) is 12.4. The van der Waals surface area contributed by atoms with Crippen LogP contribution in [0.3, 0.4) is 0 Å². The molecule has 1 fully saturated rings. The number of benzene rings is 1. The molecule has 1 N–H and O–H groups in total. The summed E-state index contributed by atoms with van der Waals surface area (Å²) < 4.78 is 5.24. The van der Waals surface area contributed by atoms with Crippen molar-refractivity contribution in [2.24, 2.45) is 0 Å². The van der Waals surface area contributed by atoms with Gasteiger partial charge < -0.3 is 14.7 Å². The van der Waals surface area contributed by atoms with Gasteiger partial charge in [0.25, 0.3) is 0 Å². The van der Waals surface area contributed by atoms with Crippen LogP contribution >= 0.6 is 11.6 Å². The van der Waals surface area contributed by atoms with Crippen molar-refractivity contribution in [1.82, 2.24) is 10.2 Å². The van der Waals surface area contributed by atoms with Crippen molar-refractivity contribution in [2.45, 2.75) is 18.4 Å². The standard InChI is InChI=1S/C16H18ClN3O2/c1-22-13-4-2-3-12(11-13)16(21)7-9-20(10-8-16)15-6-5-14(17)18-19-15/h2-6,11,21H,7-10H2,1H3. The lowest BCUT2D eigenvalue weighted by molar-refractivity contribution is 0.0114. The van der Waals surface area contributed by atoms with Crippen LogP contribution in [0.25, 0.3) is 0 Å². The molecule has 0 saturated carbocycles. The number of aliphatic hydroxyl groups is 1. The molecule has 0 amide bonds. The topological polar surface area (TPSA) is 58.5 Å². The van der Waals surface area contributed by atoms with Crippen LogP contribution in [0, 0.1) is 0 Å². The molecular formula is C16H18ClN3O2. The molecule has 5 nitrogen and oxygen atoms in total. The van der Waals surface area contributed by atoms with E-state index >= 15 is 0 Å². The Morgan fingerprint density at radius 3 is 2.59 bits per heavy atom. The van der Waals surface area contributed by atoms with Crippen LogP contribution in [0.1, 0.15) is 18.4 Å². The lowest BCUT2D eigenvalue weighted by Gasteiger charge is -2.39. The van der Waals surface area contributed by atoms with E-state index < -0.39 is 5.60 Å². The Morgan fingerprint density at radius 2 is 1.95 bits per heavy atom. The van der Waals surface area contributed by atoms with E-state index in [2.05, 4.69) is 15.1 Å². The Hall–Kier alpha value is -1.85. The first-order valence-corrected chi connectivity index (χ1v) is 7.60. The number of hydrogen-bond acceptors (Lipinski definition) is 5. The van der Waals surface area contributed by atoms with E-state index in [9.17, 15) is 5.11 Å². The number of methoxy groups -OCH3 is 1. The summed E-state index contributed by atoms with van der Waals surface area (Å²) in [6, 6.07) is 11.2. The maximum atomic E-state index is 10.9. The van der Waals surface area contributed by atoms with Crippen molar-refractivity contribution in [2.75, 3.05) is 25.1 Å². The second-order valence-electron chi connectivity index (χ2n) is 5.46. The number of anilines is 1. The Kier molecular flexibility index (Phi) is 4.18. The van der Waals surface area contributed by atoms with Crippen molar-refractivity contribution >= 4 is 17.4 Å². The van der Waals surface area contributed by atoms with Crippen molar-refractivity contribution in [3.05, 3.63) is 47.1 Å². The smallest absolute Gasteiger partial charge is 0.151 e. The molecule has 1 aromatic carbocycles. The maximum Gasteiger partial charge on any atom is 0.151 e. The molecule has 0 atom stereocenters. The summed E-state index contributed by atoms with van der Waals surface area (Å²) in [5, 5.41) is 19.3. The van der Waals surface area contributed by atoms with Gasteiger partial charge in [0.15, 0.2) is 11.0 Å². The minimum atomic E-state index is -0.828. The quantitative estimate of drug-likeness (QED) is 0.942. The Balaban J connectivity index is 1.73. The van der Waals surface area contributed by atoms with E-state index in [0.29, 0.717) is 31.1 Å². The van der Waals surface area contributed by atoms with E-state index in [-0.39, 0.29) is 0 Å². The third kappa shape index (κ3) is 3.00. The number of hydrogen-bond donors (Lipinski definition) is 1. The van der Waals surface area contributed by atoms with Gasteiger partial charge in [0.1, 0.15) is 5.75 Å². The first-order chi connectivity index (χ1) is 10.6. The van der Waals surface area contributed by atoms with Crippen LogP contribution in [-0.2, 0) is 5.60 Å². The van der Waals surface area contributed by atoms with Gasteiger partial charge in [-0.1, -0.05) is 23.7 Å². The molecule has 1 aromatic heterocycles. The Morgan fingerprint density at radius 1 is 1.18 bits per heavy atom. The second-order valence-corrected chi connectivity index (χ2v) is 5.85. The van der Waals surface area contributed by atoms with Crippen LogP contribution in [0.5, 0.6) is 5.75 Å². The van der Waals surface area contributed by atoms with Crippen molar-refractivity contribution in [3.63, 3.8) is 0 Å². The summed E-state index contributed by atoms with van der Waals surface area (Å²) in [4.78, 5) is 2.11. The number of halogens is 1. The van der Waals surface area contributed by atoms with Gasteiger partial charge in [-0.15, -0.1) is 10.2 Å². The average molecular weight is 320 g/mol. The van der Waals surface area contributed by atoms with Gasteiger partial charge in [0.05, 0.1) is 12.7 Å². The molecule has 3 rings (SSSR count). The molecule has 0 radical (unpaired) electrons. The van der Waals surface area contributed by atoms with Crippen LogP contribution in [0.2, 0.25) is 5.15 Å². The lowest BCUT2D eigenvalue weighted by Crippen LogP contribution is -2.43. The van der Waals surface area contributed by atoms with E-state index in [1.807, 2.05) is 30.3 Å². The van der Waals surface area contributed by atoms with E-state index in [4.69, 9.17) is 16.3 Å². The fraction of sp³-hybridized carbons (Fsp3) is 0.375. The van der Waals surface area contributed by atoms with Crippen LogP contribution in [0.4, 0.5) is 5.82 Å². The number of nitrogens with zero attached hydrogens (tertiary/aromatic N) is 3. The van der Waals surface area contributed by atoms with Crippen molar-refractivity contribution in [1.29, 1.82) is 0 Å². The lowest BCUT2D eigenvalue weighted by atomic mass is 9.84. The zero-order valence-corrected chi connectivity index (χ0v) is 13.1. The van der Waals surface area contributed by atoms with Crippen molar-refractivity contribution < 1.29 is 9.84 Å². The molecule has 116 valence electrons. The van der Waals surface area contributed by atoms with Crippen molar-refractivity contribution in [3.8, 4) is 5.75 Å². The number of piperidine rings is 1. The molecular weight excluding hydrogens is 302 g/mol. The molecule has 0 aliphatic carbocycles. The highest BCUT2D eigenvalue weighted by Gasteiger charge is 2.34. The van der Waals surface area contributed by atoms with Gasteiger partial charge in [0.2, 0.25) is 0 Å². The molecule has 22 heavy (non-hydrogen) atoms. The monoisotopic (exact) mass is 319 g/mol. The molecule has 0 spiro atoms. The number of rotatable bonds is 3. The molecule has 1 aliphatic rings. The van der Waals surface area contributed by atoms with E-state index in [1.54, 1.807) is 13.2 Å². The van der Waals surface area contributed by atoms with E-state index in [0.717, 1.165) is 17.1 Å². The summed E-state index contributed by atoms with van der Waals surface area (Å²) in [7, 11) is 1.63. The first kappa shape index (κ1) is 15.1. The van der Waals surface area contributed by atoms with Crippen LogP contribution in [-0.4, -0.2) is 35.5 Å². The largest absolute Gasteiger partial charge is 0.497 e. The summed E-state index contributed by atoms with van der Waals surface area (Å²) in [6.07, 6.45) is 1.26. The molecule has 1 saturated heterocycles. The minimum Gasteiger partial charge on any atom is -0.497 e. The van der Waals surface area contributed by atoms with Crippen LogP contribution < -0.4 is 9.64 Å². The highest BCUT2D eigenvalue weighted by atomic mass is 35.5. The highest BCUT2D eigenvalue weighted by Crippen LogP contribution is 2.35. The van der Waals surface area contributed by atoms with Crippen LogP contribution in [0.15, 0.2) is 36.4 Å². The number of aromatic nitrogens is 2. The van der Waals surface area contributed by atoms with Gasteiger partial charge >= 0.3 is 0 Å². The van der Waals surface area contributed by atoms with Gasteiger partial charge in [-0.05, 0) is 42.7 Å². The summed E-state index contributed by atoms with van der Waals surface area (Å²) >= 11 is 5.76. The molecule has 1 aliphatic heterocycles. The van der Waals surface area contributed by atoms with Gasteiger partial charge in [0, 0.05) is 13.1 Å². The van der Waals surface area contributed by atoms with Gasteiger partial charge in [-0.25, -0.2) is 0 Å². The SMILES string of the molecule is COc1cccc(C2(O)CCN(c3ccc(Cl)nn3)CC2)c1. The molecule has 2 aromatic rings. The molecule has 0 bridgehead atoms. The maximum absolute atomic E-state index is 10.9. The van der Waals surface area contributed by atoms with E-state index in [1.165, 1.54) is 0 Å². The normalized spacial score (nSPS) is 17.3. The fourth-order valence-corrected chi connectivity index (χ4v) is 2.89. The molecule has 6 heteroatoms. The second kappa shape index (κ2) is 6.10. The average Bonchev–Trinajstić information content (AvgIpc) is 2.56. The molecule has 0 unspecified atom stereocenters. The molecule has 2 heterocycles. The Labute approximate surface area is 134 Å². The fourth-order valence-electron chi connectivity index (χ4n) is 2.78. The zero-order chi connectivity index (χ0) is 15.6. The summed E-state index contributed by atoms with van der Waals surface area (Å²) in [5.74, 6) is 1.55. The number of ether oxygens (including phenoxy) is 1. The third-order valence-electron chi connectivity index (χ3n) is 4.14. The van der Waals surface area contributed by atoms with Gasteiger partial charge in [-0.2, -0.15) is 0 Å². The third-order valence-corrected chi connectivity index (χ3v) is 4.34. The highest BCUT2D eigenvalue weighted by molar-refractivity contribution is 6.29. The first-order valence-electron chi connectivity index (χ1n) is 7.22. The Bertz CT molecular complexity index is 640. The minimum absolute atomic E-state index is 0.383. The predicted octanol–water partition coefficient (Wildman–Crippen LogP) is 2.63.